The first-order valence-corrected chi connectivity index (χ1v) is 10.1. The lowest BCUT2D eigenvalue weighted by Gasteiger charge is -2.39. The van der Waals surface area contributed by atoms with Gasteiger partial charge in [0.05, 0.1) is 33.0 Å². The van der Waals surface area contributed by atoms with Crippen LogP contribution in [0.25, 0.3) is 0 Å². The highest BCUT2D eigenvalue weighted by molar-refractivity contribution is 6.13. The van der Waals surface area contributed by atoms with Gasteiger partial charge < -0.3 is 33.3 Å². The zero-order valence-corrected chi connectivity index (χ0v) is 18.3. The smallest absolute Gasteiger partial charge is 0.203 e. The highest BCUT2D eigenvalue weighted by Gasteiger charge is 2.57. The molecule has 0 spiro atoms. The molecule has 31 heavy (non-hydrogen) atoms. The van der Waals surface area contributed by atoms with E-state index in [0.29, 0.717) is 47.1 Å². The van der Waals surface area contributed by atoms with E-state index in [0.717, 1.165) is 6.42 Å². The second kappa shape index (κ2) is 8.58. The summed E-state index contributed by atoms with van der Waals surface area (Å²) in [5.74, 6) is -1.02. The Labute approximate surface area is 180 Å². The molecule has 2 aliphatic heterocycles. The molecule has 3 aliphatic rings. The number of methoxy groups -OCH3 is 4. The Kier molecular flexibility index (Phi) is 6.02. The fraction of sp³-hybridized carbons (Fsp3) is 0.545. The van der Waals surface area contributed by atoms with Crippen LogP contribution in [0.4, 0.5) is 0 Å². The van der Waals surface area contributed by atoms with Crippen LogP contribution < -0.4 is 9.47 Å². The maximum absolute atomic E-state index is 12.9. The van der Waals surface area contributed by atoms with Crippen LogP contribution in [0.3, 0.4) is 0 Å². The number of fused-ring (bicyclic) bond motifs is 1. The van der Waals surface area contributed by atoms with Gasteiger partial charge in [-0.15, -0.1) is 0 Å². The van der Waals surface area contributed by atoms with Gasteiger partial charge in [0.1, 0.15) is 23.1 Å². The van der Waals surface area contributed by atoms with Gasteiger partial charge in [-0.1, -0.05) is 5.16 Å². The van der Waals surface area contributed by atoms with Crippen molar-refractivity contribution >= 4 is 11.5 Å². The molecule has 1 saturated heterocycles. The van der Waals surface area contributed by atoms with Crippen LogP contribution in [0, 0.1) is 5.92 Å². The fourth-order valence-electron chi connectivity index (χ4n) is 4.34. The molecule has 1 fully saturated rings. The molecule has 0 aromatic heterocycles. The van der Waals surface area contributed by atoms with Crippen molar-refractivity contribution in [1.29, 1.82) is 0 Å². The number of ketones is 1. The molecule has 9 nitrogen and oxygen atoms in total. The number of ether oxygens (including phenoxy) is 6. The number of hydrogen-bond acceptors (Lipinski definition) is 9. The number of nitrogens with zero attached hydrogens (tertiary/aromatic N) is 1. The van der Waals surface area contributed by atoms with Crippen LogP contribution in [0.2, 0.25) is 0 Å². The Bertz CT molecular complexity index is 914. The predicted octanol–water partition coefficient (Wildman–Crippen LogP) is 2.38. The molecule has 2 heterocycles. The van der Waals surface area contributed by atoms with Gasteiger partial charge in [0.2, 0.25) is 17.7 Å². The van der Waals surface area contributed by atoms with Crippen LogP contribution >= 0.6 is 0 Å². The topological polar surface area (TPSA) is 94.0 Å². The standard InChI is InChI=1S/C22H27NO8/c1-12-11-22(27-4,28-5)17-18(23-31-20(17)19(12)24)16-14(21-29-7-6-8-30-21)9-13(25-2)10-15(16)26-3/h9-11,17,20-21H,6-8H2,1-5H3/t17-,20+/m1/s1. The summed E-state index contributed by atoms with van der Waals surface area (Å²) in [4.78, 5) is 18.5. The molecule has 168 valence electrons. The van der Waals surface area contributed by atoms with E-state index in [-0.39, 0.29) is 5.78 Å². The Balaban J connectivity index is 1.90. The van der Waals surface area contributed by atoms with Gasteiger partial charge in [-0.25, -0.2) is 0 Å². The van der Waals surface area contributed by atoms with Crippen molar-refractivity contribution in [3.8, 4) is 11.5 Å². The minimum atomic E-state index is -1.24. The van der Waals surface area contributed by atoms with Gasteiger partial charge in [0.25, 0.3) is 0 Å². The molecule has 0 N–H and O–H groups in total. The molecule has 0 radical (unpaired) electrons. The van der Waals surface area contributed by atoms with Gasteiger partial charge in [-0.2, -0.15) is 0 Å². The molecule has 0 saturated carbocycles. The summed E-state index contributed by atoms with van der Waals surface area (Å²) in [6.07, 6.45) is 0.944. The van der Waals surface area contributed by atoms with E-state index in [4.69, 9.17) is 33.3 Å². The van der Waals surface area contributed by atoms with Crippen molar-refractivity contribution < 1.29 is 38.1 Å². The maximum Gasteiger partial charge on any atom is 0.203 e. The third kappa shape index (κ3) is 3.51. The van der Waals surface area contributed by atoms with E-state index < -0.39 is 24.1 Å². The summed E-state index contributed by atoms with van der Waals surface area (Å²) in [5, 5.41) is 4.32. The average Bonchev–Trinajstić information content (AvgIpc) is 3.27. The van der Waals surface area contributed by atoms with Crippen molar-refractivity contribution in [2.75, 3.05) is 41.7 Å². The second-order valence-corrected chi connectivity index (χ2v) is 7.52. The molecule has 1 aliphatic carbocycles. The van der Waals surface area contributed by atoms with Gasteiger partial charge in [0.15, 0.2) is 6.29 Å². The van der Waals surface area contributed by atoms with Crippen LogP contribution in [0.5, 0.6) is 11.5 Å². The first-order chi connectivity index (χ1) is 15.0. The molecule has 0 unspecified atom stereocenters. The minimum Gasteiger partial charge on any atom is -0.497 e. The molecule has 4 rings (SSSR count). The van der Waals surface area contributed by atoms with Crippen molar-refractivity contribution in [1.82, 2.24) is 0 Å². The second-order valence-electron chi connectivity index (χ2n) is 7.52. The van der Waals surface area contributed by atoms with Crippen molar-refractivity contribution in [3.05, 3.63) is 34.9 Å². The summed E-state index contributed by atoms with van der Waals surface area (Å²) in [6.45, 7) is 2.81. The summed E-state index contributed by atoms with van der Waals surface area (Å²) in [7, 11) is 6.17. The SMILES string of the molecule is COc1cc(OC)c(C2=NO[C@@H]3C(=O)C(C)=CC(OC)(OC)[C@H]23)c(C2OCCCO2)c1. The summed E-state index contributed by atoms with van der Waals surface area (Å²) < 4.78 is 34.4. The van der Waals surface area contributed by atoms with Crippen molar-refractivity contribution in [2.24, 2.45) is 11.1 Å². The molecule has 0 amide bonds. The quantitative estimate of drug-likeness (QED) is 0.632. The monoisotopic (exact) mass is 433 g/mol. The molecule has 1 aromatic rings. The minimum absolute atomic E-state index is 0.173. The van der Waals surface area contributed by atoms with E-state index in [1.165, 1.54) is 14.2 Å². The van der Waals surface area contributed by atoms with Gasteiger partial charge in [-0.05, 0) is 31.1 Å². The lowest BCUT2D eigenvalue weighted by atomic mass is 9.76. The fourth-order valence-corrected chi connectivity index (χ4v) is 4.34. The van der Waals surface area contributed by atoms with Crippen LogP contribution in [0.15, 0.2) is 28.9 Å². The number of benzene rings is 1. The number of carbonyl (C=O) groups is 1. The van der Waals surface area contributed by atoms with E-state index in [1.54, 1.807) is 33.3 Å². The summed E-state index contributed by atoms with van der Waals surface area (Å²) in [5.41, 5.74) is 2.21. The summed E-state index contributed by atoms with van der Waals surface area (Å²) in [6, 6.07) is 3.56. The molecule has 2 atom stereocenters. The zero-order valence-electron chi connectivity index (χ0n) is 18.3. The van der Waals surface area contributed by atoms with Crippen LogP contribution in [-0.4, -0.2) is 65.0 Å². The lowest BCUT2D eigenvalue weighted by Crippen LogP contribution is -2.54. The Hall–Kier alpha value is -2.46. The number of hydrogen-bond donors (Lipinski definition) is 0. The normalized spacial score (nSPS) is 25.4. The first-order valence-electron chi connectivity index (χ1n) is 10.1. The van der Waals surface area contributed by atoms with E-state index >= 15 is 0 Å². The predicted molar refractivity (Wildman–Crippen MR) is 109 cm³/mol. The Morgan fingerprint density at radius 3 is 2.39 bits per heavy atom. The molecule has 0 bridgehead atoms. The Morgan fingerprint density at radius 1 is 1.06 bits per heavy atom. The van der Waals surface area contributed by atoms with E-state index in [1.807, 2.05) is 6.07 Å². The number of oxime groups is 1. The van der Waals surface area contributed by atoms with Gasteiger partial charge >= 0.3 is 0 Å². The van der Waals surface area contributed by atoms with Crippen molar-refractivity contribution in [3.63, 3.8) is 0 Å². The van der Waals surface area contributed by atoms with Crippen LogP contribution in [0.1, 0.15) is 30.8 Å². The number of rotatable bonds is 6. The van der Waals surface area contributed by atoms with E-state index in [9.17, 15) is 4.79 Å². The largest absolute Gasteiger partial charge is 0.497 e. The zero-order chi connectivity index (χ0) is 22.2. The highest BCUT2D eigenvalue weighted by atomic mass is 16.7. The van der Waals surface area contributed by atoms with Gasteiger partial charge in [-0.3, -0.25) is 4.79 Å². The third-order valence-corrected chi connectivity index (χ3v) is 5.90. The Morgan fingerprint density at radius 2 is 1.77 bits per heavy atom. The third-order valence-electron chi connectivity index (χ3n) is 5.90. The van der Waals surface area contributed by atoms with Crippen LogP contribution in [-0.2, 0) is 28.6 Å². The molecular formula is C22H27NO8. The molecule has 9 heteroatoms. The molecular weight excluding hydrogens is 406 g/mol. The maximum atomic E-state index is 12.9. The lowest BCUT2D eigenvalue weighted by molar-refractivity contribution is -0.208. The summed E-state index contributed by atoms with van der Waals surface area (Å²) >= 11 is 0. The van der Waals surface area contributed by atoms with Gasteiger partial charge in [0, 0.05) is 25.8 Å². The number of carbonyl (C=O) groups excluding carboxylic acids is 1. The molecule has 1 aromatic carbocycles. The van der Waals surface area contributed by atoms with E-state index in [2.05, 4.69) is 5.16 Å². The first kappa shape index (κ1) is 21.8. The average molecular weight is 433 g/mol. The number of Topliss-reactive ketones (excluding diaryl/α,β-unsaturated/α-hetero) is 1. The van der Waals surface area contributed by atoms with Crippen molar-refractivity contribution in [2.45, 2.75) is 31.5 Å². The highest BCUT2D eigenvalue weighted by Crippen LogP contribution is 2.45.